The van der Waals surface area contributed by atoms with Gasteiger partial charge in [0.15, 0.2) is 0 Å². The molecule has 0 aliphatic carbocycles. The van der Waals surface area contributed by atoms with E-state index in [9.17, 15) is 18.0 Å². The van der Waals surface area contributed by atoms with Gasteiger partial charge >= 0.3 is 16.4 Å². The van der Waals surface area contributed by atoms with Gasteiger partial charge in [-0.05, 0) is 19.4 Å². The molecule has 3 heterocycles. The highest BCUT2D eigenvalue weighted by Gasteiger charge is 2.66. The molecule has 4 N–H and O–H groups in total. The molecule has 0 aromatic rings. The van der Waals surface area contributed by atoms with Crippen LogP contribution in [0.1, 0.15) is 19.3 Å². The Labute approximate surface area is 132 Å². The van der Waals surface area contributed by atoms with Gasteiger partial charge in [0, 0.05) is 13.0 Å². The van der Waals surface area contributed by atoms with Crippen molar-refractivity contribution in [3.8, 4) is 0 Å². The number of primary amides is 1. The normalized spacial score (nSPS) is 37.3. The summed E-state index contributed by atoms with van der Waals surface area (Å²) in [6, 6.07) is -2.38. The number of nitrogens with two attached hydrogens (primary N) is 1. The van der Waals surface area contributed by atoms with Gasteiger partial charge in [-0.1, -0.05) is 4.65 Å². The van der Waals surface area contributed by atoms with Crippen LogP contribution >= 0.6 is 0 Å². The third-order valence-electron chi connectivity index (χ3n) is 4.46. The lowest BCUT2D eigenvalue weighted by Gasteiger charge is -2.36. The van der Waals surface area contributed by atoms with Crippen molar-refractivity contribution in [2.45, 2.75) is 37.5 Å². The lowest BCUT2D eigenvalue weighted by molar-refractivity contribution is -1.06. The van der Waals surface area contributed by atoms with Crippen LogP contribution in [0.3, 0.4) is 0 Å². The van der Waals surface area contributed by atoms with Crippen molar-refractivity contribution >= 4 is 22.3 Å². The maximum Gasteiger partial charge on any atom is 0.477 e. The van der Waals surface area contributed by atoms with Gasteiger partial charge in [0.2, 0.25) is 6.04 Å². The molecule has 3 aliphatic rings. The van der Waals surface area contributed by atoms with Crippen LogP contribution in [-0.2, 0) is 24.3 Å². The van der Waals surface area contributed by atoms with Crippen molar-refractivity contribution in [2.75, 3.05) is 19.6 Å². The molecule has 0 spiro atoms. The highest BCUT2D eigenvalue weighted by molar-refractivity contribution is 7.80. The first-order chi connectivity index (χ1) is 10.7. The maximum atomic E-state index is 12.7. The summed E-state index contributed by atoms with van der Waals surface area (Å²) in [5.74, 6) is -0.698. The van der Waals surface area contributed by atoms with Gasteiger partial charge in [-0.25, -0.2) is 4.79 Å². The van der Waals surface area contributed by atoms with Gasteiger partial charge in [0.25, 0.3) is 5.91 Å². The average molecular weight is 351 g/mol. The summed E-state index contributed by atoms with van der Waals surface area (Å²) in [5, 5.41) is 3.67. The van der Waals surface area contributed by atoms with E-state index in [1.54, 1.807) is 0 Å². The number of hydrogen-bond donors (Lipinski definition) is 3. The number of fused-ring (bicyclic) bond motifs is 2. The summed E-state index contributed by atoms with van der Waals surface area (Å²) in [7, 11) is -4.86. The van der Waals surface area contributed by atoms with Crippen LogP contribution in [-0.4, -0.2) is 72.4 Å². The molecule has 0 aromatic carbocycles. The fraction of sp³-hybridized carbons (Fsp3) is 0.818. The average Bonchev–Trinajstić information content (AvgIpc) is 3.00. The summed E-state index contributed by atoms with van der Waals surface area (Å²) >= 11 is 0. The zero-order chi connectivity index (χ0) is 16.8. The van der Waals surface area contributed by atoms with Crippen LogP contribution in [0, 0.1) is 0 Å². The number of quaternary nitrogens is 1. The Morgan fingerprint density at radius 2 is 2.13 bits per heavy atom. The zero-order valence-electron chi connectivity index (χ0n) is 12.3. The number of carbonyl (C=O) groups is 2. The number of hydroxylamine groups is 5. The first kappa shape index (κ1) is 16.5. The van der Waals surface area contributed by atoms with E-state index in [2.05, 4.69) is 9.60 Å². The number of urea groups is 1. The van der Waals surface area contributed by atoms with E-state index in [-0.39, 0.29) is 19.1 Å². The molecule has 11 nitrogen and oxygen atoms in total. The van der Waals surface area contributed by atoms with E-state index in [4.69, 9.17) is 15.1 Å². The standard InChI is InChI=1S/C11H18N4O7S/c12-10(16)9-2-1-7-6-15(9,21-8-3-4-13-5-8)11(17)14(7)22-23(18,19)20/h7-9,13H,1-6H2,(H2-,12,16,18,19,20)/p+1/t7-,8?,9+,15?/m1/s1. The van der Waals surface area contributed by atoms with E-state index >= 15 is 0 Å². The molecule has 4 atom stereocenters. The number of nitrogens with zero attached hydrogens (tertiary/aromatic N) is 2. The number of piperidine rings is 1. The molecule has 23 heavy (non-hydrogen) atoms. The van der Waals surface area contributed by atoms with E-state index < -0.39 is 39.1 Å². The molecule has 3 aliphatic heterocycles. The topological polar surface area (TPSA) is 148 Å². The molecule has 2 unspecified atom stereocenters. The van der Waals surface area contributed by atoms with Crippen molar-refractivity contribution in [1.29, 1.82) is 0 Å². The second-order valence-electron chi connectivity index (χ2n) is 5.96. The zero-order valence-corrected chi connectivity index (χ0v) is 13.1. The summed E-state index contributed by atoms with van der Waals surface area (Å²) in [6.45, 7) is 1.27. The van der Waals surface area contributed by atoms with E-state index in [0.717, 1.165) is 6.54 Å². The first-order valence-corrected chi connectivity index (χ1v) is 8.66. The molecule has 3 saturated heterocycles. The predicted octanol–water partition coefficient (Wildman–Crippen LogP) is -1.72. The monoisotopic (exact) mass is 351 g/mol. The highest BCUT2D eigenvalue weighted by Crippen LogP contribution is 2.39. The molecule has 0 aromatic heterocycles. The smallest absolute Gasteiger partial charge is 0.364 e. The summed E-state index contributed by atoms with van der Waals surface area (Å²) in [4.78, 5) is 30.4. The number of hydrogen-bond acceptors (Lipinski definition) is 7. The summed E-state index contributed by atoms with van der Waals surface area (Å²) in [5.41, 5.74) is 5.42. The maximum absolute atomic E-state index is 12.7. The third-order valence-corrected chi connectivity index (χ3v) is 4.81. The Morgan fingerprint density at radius 1 is 1.39 bits per heavy atom. The van der Waals surface area contributed by atoms with Crippen molar-refractivity contribution in [3.05, 3.63) is 0 Å². The second-order valence-corrected chi connectivity index (χ2v) is 6.96. The highest BCUT2D eigenvalue weighted by atomic mass is 32.3. The van der Waals surface area contributed by atoms with Crippen LogP contribution in [0.5, 0.6) is 0 Å². The summed E-state index contributed by atoms with van der Waals surface area (Å²) in [6.07, 6.45) is 0.936. The minimum Gasteiger partial charge on any atom is -0.364 e. The number of nitrogens with one attached hydrogen (secondary N) is 1. The van der Waals surface area contributed by atoms with Gasteiger partial charge in [0.05, 0.1) is 0 Å². The fourth-order valence-corrected chi connectivity index (χ4v) is 3.89. The second kappa shape index (κ2) is 5.65. The molecular formula is C11H19N4O7S+. The van der Waals surface area contributed by atoms with Crippen molar-refractivity contribution in [1.82, 2.24) is 10.4 Å². The minimum atomic E-state index is -4.86. The lowest BCUT2D eigenvalue weighted by Crippen LogP contribution is -2.64. The van der Waals surface area contributed by atoms with Crippen molar-refractivity contribution in [2.24, 2.45) is 5.73 Å². The first-order valence-electron chi connectivity index (χ1n) is 7.30. The quantitative estimate of drug-likeness (QED) is 0.391. The van der Waals surface area contributed by atoms with Gasteiger partial charge in [0.1, 0.15) is 18.7 Å². The van der Waals surface area contributed by atoms with E-state index in [1.807, 2.05) is 0 Å². The Hall–Kier alpha value is -1.31. The van der Waals surface area contributed by atoms with Gasteiger partial charge < -0.3 is 11.1 Å². The predicted molar refractivity (Wildman–Crippen MR) is 73.4 cm³/mol. The van der Waals surface area contributed by atoms with Crippen LogP contribution < -0.4 is 11.1 Å². The molecule has 3 rings (SSSR count). The van der Waals surface area contributed by atoms with Crippen LogP contribution in [0.2, 0.25) is 0 Å². The molecule has 3 amide bonds. The third kappa shape index (κ3) is 2.93. The Kier molecular flexibility index (Phi) is 4.06. The molecular weight excluding hydrogens is 332 g/mol. The molecule has 130 valence electrons. The minimum absolute atomic E-state index is 0.0401. The number of rotatable bonds is 5. The molecule has 0 saturated carbocycles. The number of carbonyl (C=O) groups excluding carboxylic acids is 2. The van der Waals surface area contributed by atoms with Crippen molar-refractivity contribution < 1.29 is 36.3 Å². The lowest BCUT2D eigenvalue weighted by atomic mass is 10.00. The van der Waals surface area contributed by atoms with Crippen LogP contribution in [0.15, 0.2) is 0 Å². The van der Waals surface area contributed by atoms with Gasteiger partial charge in [-0.3, -0.25) is 9.35 Å². The Balaban J connectivity index is 1.92. The summed E-state index contributed by atoms with van der Waals surface area (Å²) < 4.78 is 34.5. The SMILES string of the molecule is NC(=O)[C@@H]1CC[C@@H]2C[N+]1(OC1CCNC1)C(=O)N2OS(=O)(=O)O. The molecule has 3 fully saturated rings. The van der Waals surface area contributed by atoms with E-state index in [1.165, 1.54) is 0 Å². The van der Waals surface area contributed by atoms with Crippen LogP contribution in [0.4, 0.5) is 4.79 Å². The molecule has 12 heteroatoms. The molecule has 0 radical (unpaired) electrons. The van der Waals surface area contributed by atoms with Crippen molar-refractivity contribution in [3.63, 3.8) is 0 Å². The number of amides is 3. The Morgan fingerprint density at radius 3 is 2.70 bits per heavy atom. The molecule has 2 bridgehead atoms. The largest absolute Gasteiger partial charge is 0.477 e. The van der Waals surface area contributed by atoms with E-state index in [0.29, 0.717) is 24.4 Å². The Bertz CT molecular complexity index is 620. The van der Waals surface area contributed by atoms with Gasteiger partial charge in [-0.15, -0.1) is 9.35 Å². The van der Waals surface area contributed by atoms with Gasteiger partial charge in [-0.2, -0.15) is 13.3 Å². The fourth-order valence-electron chi connectivity index (χ4n) is 3.50. The van der Waals surface area contributed by atoms with Crippen LogP contribution in [0.25, 0.3) is 0 Å².